The predicted molar refractivity (Wildman–Crippen MR) is 198 cm³/mol. The highest BCUT2D eigenvalue weighted by atomic mass is 32.1. The van der Waals surface area contributed by atoms with Crippen molar-refractivity contribution in [1.82, 2.24) is 0 Å². The van der Waals surface area contributed by atoms with Gasteiger partial charge >= 0.3 is 0 Å². The zero-order valence-corrected chi connectivity index (χ0v) is 29.2. The van der Waals surface area contributed by atoms with Crippen molar-refractivity contribution >= 4 is 60.9 Å². The standard InChI is InChI=1S/C42H46BNS/c1-39(2)19-20-40(3,4)30-24-28(17-18-29(30)39)44-35-15-11-10-14-33(35)43(38-23-27-13-9-12-16-37(27)45-38)34-25-31-32(26-36(34)44)42(7,8)22-21-41(31,5)6/h9-18,23-26H,19-22H2,1-8H3. The van der Waals surface area contributed by atoms with Crippen LogP contribution in [-0.2, 0) is 21.7 Å². The molecule has 0 fully saturated rings. The van der Waals surface area contributed by atoms with Crippen molar-refractivity contribution in [1.29, 1.82) is 0 Å². The molecule has 0 bridgehead atoms. The minimum absolute atomic E-state index is 0.136. The van der Waals surface area contributed by atoms with E-state index in [1.54, 1.807) is 0 Å². The van der Waals surface area contributed by atoms with Crippen molar-refractivity contribution in [3.63, 3.8) is 0 Å². The van der Waals surface area contributed by atoms with Crippen molar-refractivity contribution in [2.24, 2.45) is 0 Å². The Bertz CT molecular complexity index is 1960. The summed E-state index contributed by atoms with van der Waals surface area (Å²) in [6, 6.07) is 33.2. The van der Waals surface area contributed by atoms with E-state index in [2.05, 4.69) is 145 Å². The van der Waals surface area contributed by atoms with Gasteiger partial charge in [0.15, 0.2) is 0 Å². The summed E-state index contributed by atoms with van der Waals surface area (Å²) in [7, 11) is 0. The molecule has 0 saturated carbocycles. The van der Waals surface area contributed by atoms with E-state index < -0.39 is 0 Å². The Kier molecular flexibility index (Phi) is 6.22. The van der Waals surface area contributed by atoms with Crippen molar-refractivity contribution in [3.05, 3.63) is 107 Å². The fourth-order valence-electron chi connectivity index (χ4n) is 8.72. The monoisotopic (exact) mass is 607 g/mol. The van der Waals surface area contributed by atoms with Gasteiger partial charge in [-0.1, -0.05) is 104 Å². The van der Waals surface area contributed by atoms with Gasteiger partial charge in [0.25, 0.3) is 6.71 Å². The van der Waals surface area contributed by atoms with Crippen LogP contribution in [0.5, 0.6) is 0 Å². The van der Waals surface area contributed by atoms with Crippen LogP contribution in [0.2, 0.25) is 0 Å². The first-order valence-corrected chi connectivity index (χ1v) is 17.8. The SMILES string of the molecule is CC1(C)CCC(C)(C)c2cc(N3c4ccccc4B(c4cc5ccccc5s4)c4cc5c(cc43)C(C)(C)CCC5(C)C)ccc21. The first kappa shape index (κ1) is 29.1. The van der Waals surface area contributed by atoms with Crippen molar-refractivity contribution in [2.45, 2.75) is 103 Å². The van der Waals surface area contributed by atoms with Crippen LogP contribution < -0.4 is 20.6 Å². The molecule has 1 nitrogen and oxygen atoms in total. The van der Waals surface area contributed by atoms with E-state index >= 15 is 0 Å². The molecular weight excluding hydrogens is 561 g/mol. The third-order valence-electron chi connectivity index (χ3n) is 11.9. The number of thiophene rings is 1. The molecular formula is C42H46BNS. The molecule has 0 spiro atoms. The lowest BCUT2D eigenvalue weighted by Gasteiger charge is -2.45. The van der Waals surface area contributed by atoms with Gasteiger partial charge in [0, 0.05) is 21.8 Å². The maximum Gasteiger partial charge on any atom is 0.259 e. The van der Waals surface area contributed by atoms with Gasteiger partial charge in [0.2, 0.25) is 0 Å². The fourth-order valence-corrected chi connectivity index (χ4v) is 9.92. The zero-order valence-electron chi connectivity index (χ0n) is 28.3. The molecule has 3 aliphatic rings. The lowest BCUT2D eigenvalue weighted by atomic mass is 9.37. The summed E-state index contributed by atoms with van der Waals surface area (Å²) in [5.74, 6) is 0. The van der Waals surface area contributed by atoms with Crippen LogP contribution in [0.25, 0.3) is 10.1 Å². The Labute approximate surface area is 274 Å². The van der Waals surface area contributed by atoms with Crippen molar-refractivity contribution < 1.29 is 0 Å². The third-order valence-corrected chi connectivity index (χ3v) is 13.0. The number of para-hydroxylation sites is 1. The lowest BCUT2D eigenvalue weighted by molar-refractivity contribution is 0.332. The number of hydrogen-bond donors (Lipinski definition) is 0. The smallest absolute Gasteiger partial charge is 0.259 e. The molecule has 2 aliphatic carbocycles. The summed E-state index contributed by atoms with van der Waals surface area (Å²) in [6.45, 7) is 19.8. The molecule has 1 aromatic heterocycles. The van der Waals surface area contributed by atoms with Crippen LogP contribution in [0.1, 0.15) is 103 Å². The first-order valence-electron chi connectivity index (χ1n) is 17.0. The normalized spacial score (nSPS) is 20.3. The van der Waals surface area contributed by atoms with Gasteiger partial charge in [-0.2, -0.15) is 0 Å². The van der Waals surface area contributed by atoms with Gasteiger partial charge in [0.1, 0.15) is 0 Å². The topological polar surface area (TPSA) is 3.24 Å². The molecule has 5 aromatic rings. The second-order valence-corrected chi connectivity index (χ2v) is 17.9. The largest absolute Gasteiger partial charge is 0.312 e. The van der Waals surface area contributed by atoms with Crippen LogP contribution >= 0.6 is 11.3 Å². The summed E-state index contributed by atoms with van der Waals surface area (Å²) in [6.07, 6.45) is 4.88. The van der Waals surface area contributed by atoms with E-state index in [1.165, 1.54) is 90.8 Å². The van der Waals surface area contributed by atoms with Gasteiger partial charge in [-0.15, -0.1) is 11.3 Å². The molecule has 4 aromatic carbocycles. The fraction of sp³-hybridized carbons (Fsp3) is 0.381. The van der Waals surface area contributed by atoms with Crippen molar-refractivity contribution in [2.75, 3.05) is 4.90 Å². The molecule has 1 aliphatic heterocycles. The zero-order chi connectivity index (χ0) is 31.5. The Balaban J connectivity index is 1.43. The molecule has 0 saturated heterocycles. The number of anilines is 3. The summed E-state index contributed by atoms with van der Waals surface area (Å²) in [5.41, 5.74) is 13.5. The number of nitrogens with zero attached hydrogens (tertiary/aromatic N) is 1. The number of fused-ring (bicyclic) bond motifs is 5. The van der Waals surface area contributed by atoms with E-state index in [0.717, 1.165) is 0 Å². The molecule has 0 atom stereocenters. The number of hydrogen-bond acceptors (Lipinski definition) is 2. The van der Waals surface area contributed by atoms with Gasteiger partial charge in [-0.25, -0.2) is 0 Å². The molecule has 3 heteroatoms. The minimum Gasteiger partial charge on any atom is -0.312 e. The predicted octanol–water partition coefficient (Wildman–Crippen LogP) is 9.90. The quantitative estimate of drug-likeness (QED) is 0.177. The van der Waals surface area contributed by atoms with E-state index in [0.29, 0.717) is 0 Å². The maximum atomic E-state index is 2.63. The van der Waals surface area contributed by atoms with Gasteiger partial charge in [0.05, 0.1) is 0 Å². The highest BCUT2D eigenvalue weighted by Crippen LogP contribution is 2.51. The van der Waals surface area contributed by atoms with Crippen LogP contribution in [0.4, 0.5) is 17.1 Å². The molecule has 45 heavy (non-hydrogen) atoms. The number of rotatable bonds is 2. The molecule has 0 unspecified atom stereocenters. The third kappa shape index (κ3) is 4.40. The average molecular weight is 608 g/mol. The highest BCUT2D eigenvalue weighted by molar-refractivity contribution is 7.32. The van der Waals surface area contributed by atoms with E-state index in [1.807, 2.05) is 11.3 Å². The van der Waals surface area contributed by atoms with Gasteiger partial charge in [-0.05, 0) is 127 Å². The van der Waals surface area contributed by atoms with Crippen LogP contribution in [0.15, 0.2) is 84.9 Å². The Morgan fingerprint density at radius 3 is 1.80 bits per heavy atom. The van der Waals surface area contributed by atoms with E-state index in [9.17, 15) is 0 Å². The minimum atomic E-state index is 0.136. The van der Waals surface area contributed by atoms with E-state index in [4.69, 9.17) is 0 Å². The van der Waals surface area contributed by atoms with Crippen molar-refractivity contribution in [3.8, 4) is 0 Å². The molecule has 2 heterocycles. The van der Waals surface area contributed by atoms with Crippen LogP contribution in [-0.4, -0.2) is 6.71 Å². The first-order chi connectivity index (χ1) is 21.3. The summed E-state index contributed by atoms with van der Waals surface area (Å²) in [4.78, 5) is 2.62. The van der Waals surface area contributed by atoms with Crippen LogP contribution in [0.3, 0.4) is 0 Å². The number of benzene rings is 4. The van der Waals surface area contributed by atoms with Gasteiger partial charge < -0.3 is 4.90 Å². The Morgan fingerprint density at radius 2 is 1.11 bits per heavy atom. The second-order valence-electron chi connectivity index (χ2n) is 16.7. The molecule has 8 rings (SSSR count). The van der Waals surface area contributed by atoms with Crippen LogP contribution in [0, 0.1) is 0 Å². The molecule has 228 valence electrons. The second kappa shape index (κ2) is 9.61. The summed E-state index contributed by atoms with van der Waals surface area (Å²) < 4.78 is 2.80. The Morgan fingerprint density at radius 1 is 0.533 bits per heavy atom. The summed E-state index contributed by atoms with van der Waals surface area (Å²) in [5, 5.41) is 1.35. The molecule has 0 radical (unpaired) electrons. The van der Waals surface area contributed by atoms with E-state index in [-0.39, 0.29) is 28.4 Å². The summed E-state index contributed by atoms with van der Waals surface area (Å²) >= 11 is 1.96. The molecule has 0 N–H and O–H groups in total. The molecule has 0 amide bonds. The maximum absolute atomic E-state index is 2.63. The van der Waals surface area contributed by atoms with Gasteiger partial charge in [-0.3, -0.25) is 0 Å². The lowest BCUT2D eigenvalue weighted by Crippen LogP contribution is -2.57. The Hall–Kier alpha value is -3.30. The average Bonchev–Trinajstić information content (AvgIpc) is 3.44. The highest BCUT2D eigenvalue weighted by Gasteiger charge is 2.43.